The lowest BCUT2D eigenvalue weighted by atomic mass is 10.3. The van der Waals surface area contributed by atoms with Crippen LogP contribution in [0.5, 0.6) is 0 Å². The third kappa shape index (κ3) is 16.0. The van der Waals surface area contributed by atoms with E-state index in [1.807, 2.05) is 0 Å². The standard InChI is InChI=1S/C22H44N2O7/c1-3-23-5-11-27-17-19-29-13-7-24(8-14-30-20-18-28-12-6-23)4-2-10-26-16-22-31-21-15-25-9-1/h1-22H2. The first kappa shape index (κ1) is 26.9. The molecule has 0 aromatic carbocycles. The molecule has 3 aliphatic heterocycles. The quantitative estimate of drug-likeness (QED) is 0.493. The molecule has 3 saturated heterocycles. The van der Waals surface area contributed by atoms with E-state index in [-0.39, 0.29) is 0 Å². The zero-order valence-electron chi connectivity index (χ0n) is 19.3. The van der Waals surface area contributed by atoms with Gasteiger partial charge in [0.1, 0.15) is 0 Å². The Morgan fingerprint density at radius 2 is 0.516 bits per heavy atom. The lowest BCUT2D eigenvalue weighted by Crippen LogP contribution is -2.34. The van der Waals surface area contributed by atoms with Crippen molar-refractivity contribution in [3.05, 3.63) is 0 Å². The van der Waals surface area contributed by atoms with Gasteiger partial charge in [0.2, 0.25) is 0 Å². The number of fused-ring (bicyclic) bond motifs is 26. The second-order valence-corrected chi connectivity index (χ2v) is 7.68. The predicted octanol–water partition coefficient (Wildman–Crippen LogP) is 0.514. The molecule has 0 atom stereocenters. The Labute approximate surface area is 188 Å². The molecule has 0 aromatic rings. The van der Waals surface area contributed by atoms with E-state index in [9.17, 15) is 0 Å². The molecule has 0 amide bonds. The molecule has 2 bridgehead atoms. The van der Waals surface area contributed by atoms with E-state index in [1.165, 1.54) is 0 Å². The van der Waals surface area contributed by atoms with Gasteiger partial charge in [0, 0.05) is 52.5 Å². The van der Waals surface area contributed by atoms with Gasteiger partial charge in [0.25, 0.3) is 0 Å². The van der Waals surface area contributed by atoms with Gasteiger partial charge >= 0.3 is 0 Å². The summed E-state index contributed by atoms with van der Waals surface area (Å²) in [4.78, 5) is 4.74. The van der Waals surface area contributed by atoms with E-state index in [0.717, 1.165) is 65.3 Å². The molecule has 0 aliphatic carbocycles. The van der Waals surface area contributed by atoms with Crippen molar-refractivity contribution in [2.75, 3.05) is 132 Å². The highest BCUT2D eigenvalue weighted by Crippen LogP contribution is 1.98. The highest BCUT2D eigenvalue weighted by molar-refractivity contribution is 4.60. The van der Waals surface area contributed by atoms with Crippen molar-refractivity contribution in [1.29, 1.82) is 0 Å². The average molecular weight is 449 g/mol. The highest BCUT2D eigenvalue weighted by atomic mass is 16.5. The summed E-state index contributed by atoms with van der Waals surface area (Å²) in [6, 6.07) is 0. The predicted molar refractivity (Wildman–Crippen MR) is 118 cm³/mol. The van der Waals surface area contributed by atoms with Crippen molar-refractivity contribution in [2.24, 2.45) is 0 Å². The van der Waals surface area contributed by atoms with Gasteiger partial charge in [-0.25, -0.2) is 0 Å². The van der Waals surface area contributed by atoms with Crippen molar-refractivity contribution >= 4 is 0 Å². The molecule has 0 spiro atoms. The van der Waals surface area contributed by atoms with Gasteiger partial charge in [-0.3, -0.25) is 9.80 Å². The van der Waals surface area contributed by atoms with Gasteiger partial charge in [-0.05, 0) is 12.8 Å². The van der Waals surface area contributed by atoms with Crippen LogP contribution in [0.25, 0.3) is 0 Å². The van der Waals surface area contributed by atoms with Crippen LogP contribution in [0.15, 0.2) is 0 Å². The zero-order chi connectivity index (χ0) is 21.7. The summed E-state index contributed by atoms with van der Waals surface area (Å²) in [6.07, 6.45) is 1.96. The average Bonchev–Trinajstić information content (AvgIpc) is 2.77. The fraction of sp³-hybridized carbons (Fsp3) is 1.00. The third-order valence-corrected chi connectivity index (χ3v) is 5.22. The summed E-state index contributed by atoms with van der Waals surface area (Å²) in [5, 5.41) is 0. The minimum absolute atomic E-state index is 0.614. The number of nitrogens with zero attached hydrogens (tertiary/aromatic N) is 2. The molecular weight excluding hydrogens is 404 g/mol. The maximum absolute atomic E-state index is 5.78. The first-order chi connectivity index (χ1) is 15.4. The fourth-order valence-corrected chi connectivity index (χ4v) is 3.41. The summed E-state index contributed by atoms with van der Waals surface area (Å²) in [5.74, 6) is 0. The van der Waals surface area contributed by atoms with E-state index in [4.69, 9.17) is 33.2 Å². The minimum Gasteiger partial charge on any atom is -0.379 e. The molecule has 184 valence electrons. The maximum atomic E-state index is 5.78. The van der Waals surface area contributed by atoms with Crippen LogP contribution in [-0.2, 0) is 33.2 Å². The second-order valence-electron chi connectivity index (χ2n) is 7.68. The Kier molecular flexibility index (Phi) is 17.6. The fourth-order valence-electron chi connectivity index (χ4n) is 3.41. The van der Waals surface area contributed by atoms with E-state index in [2.05, 4.69) is 9.80 Å². The first-order valence-electron chi connectivity index (χ1n) is 11.9. The van der Waals surface area contributed by atoms with Crippen molar-refractivity contribution < 1.29 is 33.2 Å². The monoisotopic (exact) mass is 448 g/mol. The van der Waals surface area contributed by atoms with Crippen LogP contribution >= 0.6 is 0 Å². The van der Waals surface area contributed by atoms with Crippen LogP contribution in [0.3, 0.4) is 0 Å². The number of rotatable bonds is 0. The number of ether oxygens (including phenoxy) is 7. The van der Waals surface area contributed by atoms with Crippen LogP contribution in [0, 0.1) is 0 Å². The highest BCUT2D eigenvalue weighted by Gasteiger charge is 2.08. The molecule has 0 saturated carbocycles. The van der Waals surface area contributed by atoms with E-state index in [1.54, 1.807) is 0 Å². The molecule has 3 rings (SSSR count). The summed E-state index contributed by atoms with van der Waals surface area (Å²) < 4.78 is 40.1. The lowest BCUT2D eigenvalue weighted by molar-refractivity contribution is 0.00619. The number of hydrogen-bond donors (Lipinski definition) is 0. The van der Waals surface area contributed by atoms with Gasteiger partial charge < -0.3 is 33.2 Å². The molecule has 3 aliphatic rings. The summed E-state index contributed by atoms with van der Waals surface area (Å²) in [5.41, 5.74) is 0. The Bertz CT molecular complexity index is 333. The van der Waals surface area contributed by atoms with Crippen molar-refractivity contribution in [3.63, 3.8) is 0 Å². The smallest absolute Gasteiger partial charge is 0.0701 e. The second kappa shape index (κ2) is 20.3. The lowest BCUT2D eigenvalue weighted by Gasteiger charge is -2.23. The van der Waals surface area contributed by atoms with Gasteiger partial charge in [0.05, 0.1) is 79.3 Å². The Morgan fingerprint density at radius 1 is 0.258 bits per heavy atom. The third-order valence-electron chi connectivity index (χ3n) is 5.22. The summed E-state index contributed by atoms with van der Waals surface area (Å²) in [6.45, 7) is 14.7. The Balaban J connectivity index is 1.84. The van der Waals surface area contributed by atoms with Crippen LogP contribution in [-0.4, -0.2) is 142 Å². The molecule has 0 radical (unpaired) electrons. The molecule has 31 heavy (non-hydrogen) atoms. The van der Waals surface area contributed by atoms with Gasteiger partial charge in [0.15, 0.2) is 0 Å². The Hall–Kier alpha value is -0.360. The minimum atomic E-state index is 0.614. The molecule has 0 N–H and O–H groups in total. The van der Waals surface area contributed by atoms with Crippen molar-refractivity contribution in [1.82, 2.24) is 9.80 Å². The van der Waals surface area contributed by atoms with E-state index in [0.29, 0.717) is 79.3 Å². The van der Waals surface area contributed by atoms with Gasteiger partial charge in [-0.1, -0.05) is 0 Å². The van der Waals surface area contributed by atoms with Crippen LogP contribution in [0.4, 0.5) is 0 Å². The molecule has 3 heterocycles. The first-order valence-corrected chi connectivity index (χ1v) is 11.9. The van der Waals surface area contributed by atoms with Crippen molar-refractivity contribution in [2.45, 2.75) is 12.8 Å². The van der Waals surface area contributed by atoms with E-state index >= 15 is 0 Å². The summed E-state index contributed by atoms with van der Waals surface area (Å²) in [7, 11) is 0. The molecule has 0 aromatic heterocycles. The van der Waals surface area contributed by atoms with Crippen LogP contribution < -0.4 is 0 Å². The maximum Gasteiger partial charge on any atom is 0.0701 e. The van der Waals surface area contributed by atoms with Gasteiger partial charge in [-0.15, -0.1) is 0 Å². The summed E-state index contributed by atoms with van der Waals surface area (Å²) >= 11 is 0. The zero-order valence-corrected chi connectivity index (χ0v) is 19.3. The topological polar surface area (TPSA) is 71.1 Å². The SMILES string of the molecule is C1COCCOCCOCCCN2CCOCCOCCN(C1)CCOCCOCC2. The van der Waals surface area contributed by atoms with Crippen LogP contribution in [0.1, 0.15) is 12.8 Å². The molecule has 3 fully saturated rings. The molecule has 9 heteroatoms. The molecule has 0 unspecified atom stereocenters. The van der Waals surface area contributed by atoms with Gasteiger partial charge in [-0.2, -0.15) is 0 Å². The normalized spacial score (nSPS) is 29.4. The largest absolute Gasteiger partial charge is 0.379 e. The van der Waals surface area contributed by atoms with Crippen LogP contribution in [0.2, 0.25) is 0 Å². The molecular formula is C22H44N2O7. The van der Waals surface area contributed by atoms with Crippen molar-refractivity contribution in [3.8, 4) is 0 Å². The number of hydrogen-bond acceptors (Lipinski definition) is 9. The van der Waals surface area contributed by atoms with E-state index < -0.39 is 0 Å². The molecule has 9 nitrogen and oxygen atoms in total. The Morgan fingerprint density at radius 3 is 0.839 bits per heavy atom.